The maximum absolute atomic E-state index is 13.6. The van der Waals surface area contributed by atoms with Crippen LogP contribution >= 0.6 is 11.6 Å². The van der Waals surface area contributed by atoms with Crippen LogP contribution in [0.1, 0.15) is 55.6 Å². The molecule has 0 spiro atoms. The molecular formula is C26H28ClN3O5. The van der Waals surface area contributed by atoms with Crippen LogP contribution in [0.2, 0.25) is 5.02 Å². The Labute approximate surface area is 209 Å². The topological polar surface area (TPSA) is 96.0 Å². The summed E-state index contributed by atoms with van der Waals surface area (Å²) in [6, 6.07) is 13.5. The lowest BCUT2D eigenvalue weighted by Gasteiger charge is -2.48. The number of benzene rings is 2. The van der Waals surface area contributed by atoms with Crippen molar-refractivity contribution in [3.8, 4) is 0 Å². The molecule has 0 radical (unpaired) electrons. The number of esters is 1. The molecule has 0 aliphatic carbocycles. The minimum Gasteiger partial charge on any atom is -0.452 e. The summed E-state index contributed by atoms with van der Waals surface area (Å²) in [5.41, 5.74) is -0.0218. The molecule has 2 heterocycles. The van der Waals surface area contributed by atoms with Crippen LogP contribution in [0.25, 0.3) is 0 Å². The molecule has 2 aromatic rings. The molecule has 2 unspecified atom stereocenters. The van der Waals surface area contributed by atoms with Crippen molar-refractivity contribution in [1.82, 2.24) is 10.2 Å². The van der Waals surface area contributed by atoms with Gasteiger partial charge >= 0.3 is 5.97 Å². The Kier molecular flexibility index (Phi) is 6.85. The van der Waals surface area contributed by atoms with E-state index in [2.05, 4.69) is 5.32 Å². The number of fused-ring (bicyclic) bond motifs is 3. The first kappa shape index (κ1) is 24.7. The average molecular weight is 498 g/mol. The molecule has 1 saturated heterocycles. The van der Waals surface area contributed by atoms with Crippen LogP contribution < -0.4 is 10.2 Å². The van der Waals surface area contributed by atoms with E-state index in [4.69, 9.17) is 16.3 Å². The smallest absolute Gasteiger partial charge is 0.354 e. The zero-order chi connectivity index (χ0) is 25.3. The Morgan fingerprint density at radius 2 is 1.77 bits per heavy atom. The summed E-state index contributed by atoms with van der Waals surface area (Å²) in [7, 11) is 0. The van der Waals surface area contributed by atoms with Gasteiger partial charge in [0.15, 0.2) is 6.61 Å². The number of ether oxygens (including phenoxy) is 1. The molecule has 0 saturated carbocycles. The third-order valence-electron chi connectivity index (χ3n) is 6.33. The molecule has 0 aromatic heterocycles. The van der Waals surface area contributed by atoms with Crippen LogP contribution in [-0.2, 0) is 19.1 Å². The van der Waals surface area contributed by atoms with Gasteiger partial charge < -0.3 is 15.0 Å². The standard InChI is InChI=1S/C26H28ClN3O5/c1-16(2)14-29-24(33)20-6-4-5-7-21(20)30-23(32)12-13-26(29,30)25(34)35-15-22(31)28-17(3)18-8-10-19(27)11-9-18/h4-11,16-17H,12-15H2,1-3H3,(H,28,31). The van der Waals surface area contributed by atoms with E-state index in [0.717, 1.165) is 5.56 Å². The van der Waals surface area contributed by atoms with E-state index in [1.54, 1.807) is 55.5 Å². The van der Waals surface area contributed by atoms with Gasteiger partial charge in [0.1, 0.15) is 0 Å². The van der Waals surface area contributed by atoms with Gasteiger partial charge in [-0.3, -0.25) is 19.3 Å². The number of nitrogens with one attached hydrogen (secondary N) is 1. The van der Waals surface area contributed by atoms with Crippen molar-refractivity contribution in [2.45, 2.75) is 45.3 Å². The number of carbonyl (C=O) groups excluding carboxylic acids is 4. The van der Waals surface area contributed by atoms with Crippen LogP contribution in [0.4, 0.5) is 5.69 Å². The zero-order valence-corrected chi connectivity index (χ0v) is 20.7. The molecule has 2 atom stereocenters. The van der Waals surface area contributed by atoms with E-state index in [9.17, 15) is 19.2 Å². The van der Waals surface area contributed by atoms with Gasteiger partial charge in [-0.25, -0.2) is 4.79 Å². The Morgan fingerprint density at radius 3 is 2.46 bits per heavy atom. The summed E-state index contributed by atoms with van der Waals surface area (Å²) in [6.07, 6.45) is 0.186. The molecule has 1 N–H and O–H groups in total. The fraction of sp³-hybridized carbons (Fsp3) is 0.385. The molecule has 2 aliphatic rings. The summed E-state index contributed by atoms with van der Waals surface area (Å²) in [6.45, 7) is 5.39. The molecule has 4 rings (SSSR count). The maximum Gasteiger partial charge on any atom is 0.354 e. The van der Waals surface area contributed by atoms with Gasteiger partial charge in [0.05, 0.1) is 17.3 Å². The van der Waals surface area contributed by atoms with Crippen LogP contribution in [0.15, 0.2) is 48.5 Å². The van der Waals surface area contributed by atoms with E-state index in [1.165, 1.54) is 9.80 Å². The van der Waals surface area contributed by atoms with Crippen molar-refractivity contribution in [2.75, 3.05) is 18.1 Å². The zero-order valence-electron chi connectivity index (χ0n) is 19.9. The quantitative estimate of drug-likeness (QED) is 0.588. The minimum atomic E-state index is -1.62. The number of anilines is 1. The average Bonchev–Trinajstić information content (AvgIpc) is 3.18. The summed E-state index contributed by atoms with van der Waals surface area (Å²) in [4.78, 5) is 55.4. The second kappa shape index (κ2) is 9.70. The third-order valence-corrected chi connectivity index (χ3v) is 6.58. The lowest BCUT2D eigenvalue weighted by Crippen LogP contribution is -2.69. The fourth-order valence-corrected chi connectivity index (χ4v) is 4.86. The number of hydrogen-bond donors (Lipinski definition) is 1. The van der Waals surface area contributed by atoms with E-state index in [0.29, 0.717) is 16.3 Å². The highest BCUT2D eigenvalue weighted by Gasteiger charge is 2.62. The molecule has 2 aliphatic heterocycles. The van der Waals surface area contributed by atoms with Gasteiger partial charge in [-0.2, -0.15) is 0 Å². The van der Waals surface area contributed by atoms with Gasteiger partial charge in [0.25, 0.3) is 11.8 Å². The van der Waals surface area contributed by atoms with Gasteiger partial charge in [0, 0.05) is 24.4 Å². The Morgan fingerprint density at radius 1 is 1.09 bits per heavy atom. The van der Waals surface area contributed by atoms with Crippen LogP contribution in [0.3, 0.4) is 0 Å². The first-order valence-corrected chi connectivity index (χ1v) is 12.0. The predicted octanol–water partition coefficient (Wildman–Crippen LogP) is 3.70. The molecule has 1 fully saturated rings. The van der Waals surface area contributed by atoms with Crippen molar-refractivity contribution in [3.63, 3.8) is 0 Å². The van der Waals surface area contributed by atoms with E-state index >= 15 is 0 Å². The molecule has 184 valence electrons. The molecule has 2 aromatic carbocycles. The van der Waals surface area contributed by atoms with Crippen molar-refractivity contribution >= 4 is 41.0 Å². The van der Waals surface area contributed by atoms with E-state index in [-0.39, 0.29) is 43.2 Å². The maximum atomic E-state index is 13.6. The van der Waals surface area contributed by atoms with Crippen molar-refractivity contribution < 1.29 is 23.9 Å². The second-order valence-corrected chi connectivity index (χ2v) is 9.73. The van der Waals surface area contributed by atoms with Crippen LogP contribution in [0, 0.1) is 5.92 Å². The molecule has 35 heavy (non-hydrogen) atoms. The van der Waals surface area contributed by atoms with Crippen molar-refractivity contribution in [2.24, 2.45) is 5.92 Å². The number of carbonyl (C=O) groups is 4. The normalized spacial score (nSPS) is 19.9. The number of rotatable bonds is 7. The van der Waals surface area contributed by atoms with Crippen molar-refractivity contribution in [3.05, 3.63) is 64.7 Å². The largest absolute Gasteiger partial charge is 0.452 e. The number of halogens is 1. The summed E-state index contributed by atoms with van der Waals surface area (Å²) in [5.74, 6) is -1.85. The van der Waals surface area contributed by atoms with Gasteiger partial charge in [-0.1, -0.05) is 49.7 Å². The monoisotopic (exact) mass is 497 g/mol. The Bertz CT molecular complexity index is 1170. The lowest BCUT2D eigenvalue weighted by atomic mass is 9.95. The SMILES string of the molecule is CC(C)CN1C(=O)c2ccccc2N2C(=O)CCC12C(=O)OCC(=O)NC(C)c1ccc(Cl)cc1. The Hall–Kier alpha value is -3.39. The molecule has 3 amide bonds. The van der Waals surface area contributed by atoms with Crippen LogP contribution in [-0.4, -0.2) is 47.4 Å². The van der Waals surface area contributed by atoms with Crippen LogP contribution in [0.5, 0.6) is 0 Å². The number of nitrogens with zero attached hydrogens (tertiary/aromatic N) is 2. The molecule has 0 bridgehead atoms. The first-order valence-electron chi connectivity index (χ1n) is 11.6. The van der Waals surface area contributed by atoms with Gasteiger partial charge in [-0.05, 0) is 42.7 Å². The summed E-state index contributed by atoms with van der Waals surface area (Å²) < 4.78 is 5.47. The van der Waals surface area contributed by atoms with E-state index < -0.39 is 24.1 Å². The highest BCUT2D eigenvalue weighted by atomic mass is 35.5. The highest BCUT2D eigenvalue weighted by Crippen LogP contribution is 2.45. The van der Waals surface area contributed by atoms with Gasteiger partial charge in [-0.15, -0.1) is 0 Å². The third kappa shape index (κ3) is 4.50. The predicted molar refractivity (Wildman–Crippen MR) is 131 cm³/mol. The number of amides is 3. The van der Waals surface area contributed by atoms with Gasteiger partial charge in [0.2, 0.25) is 11.6 Å². The lowest BCUT2D eigenvalue weighted by molar-refractivity contribution is -0.160. The second-order valence-electron chi connectivity index (χ2n) is 9.29. The Balaban J connectivity index is 1.56. The van der Waals surface area contributed by atoms with Crippen molar-refractivity contribution in [1.29, 1.82) is 0 Å². The summed E-state index contributed by atoms with van der Waals surface area (Å²) >= 11 is 5.92. The number of para-hydroxylation sites is 1. The number of hydrogen-bond acceptors (Lipinski definition) is 5. The molecule has 8 nitrogen and oxygen atoms in total. The molecular weight excluding hydrogens is 470 g/mol. The minimum absolute atomic E-state index is 0.0370. The summed E-state index contributed by atoms with van der Waals surface area (Å²) in [5, 5.41) is 3.38. The molecule has 9 heteroatoms. The van der Waals surface area contributed by atoms with E-state index in [1.807, 2.05) is 13.8 Å². The highest BCUT2D eigenvalue weighted by molar-refractivity contribution is 6.30. The fourth-order valence-electron chi connectivity index (χ4n) is 4.73. The first-order chi connectivity index (χ1) is 16.6.